The molecule has 2 amide bonds. The molecule has 1 aliphatic rings. The first-order valence-electron chi connectivity index (χ1n) is 8.47. The van der Waals surface area contributed by atoms with Crippen molar-refractivity contribution in [2.45, 2.75) is 6.92 Å². The Kier molecular flexibility index (Phi) is 5.43. The quantitative estimate of drug-likeness (QED) is 0.863. The lowest BCUT2D eigenvalue weighted by Gasteiger charge is -2.32. The first-order chi connectivity index (χ1) is 12.5. The lowest BCUT2D eigenvalue weighted by Crippen LogP contribution is -2.44. The summed E-state index contributed by atoms with van der Waals surface area (Å²) < 4.78 is 0. The van der Waals surface area contributed by atoms with E-state index in [2.05, 4.69) is 37.7 Å². The Bertz CT molecular complexity index is 767. The van der Waals surface area contributed by atoms with E-state index in [1.807, 2.05) is 6.07 Å². The van der Waals surface area contributed by atoms with Gasteiger partial charge in [-0.3, -0.25) is 9.59 Å². The van der Waals surface area contributed by atoms with Crippen LogP contribution in [0.3, 0.4) is 0 Å². The zero-order chi connectivity index (χ0) is 18.5. The zero-order valence-electron chi connectivity index (χ0n) is 14.9. The standard InChI is InChI=1S/C18H22N6O2/c1-13(25)19-14-3-5-15(6-4-14)20-18(26)16-7-8-17(22-21-16)24-11-9-23(2)10-12-24/h3-8H,9-12H2,1-2H3,(H,19,25)(H,20,26). The predicted octanol–water partition coefficient (Wildman–Crippen LogP) is 1.44. The van der Waals surface area contributed by atoms with E-state index >= 15 is 0 Å². The summed E-state index contributed by atoms with van der Waals surface area (Å²) in [5.41, 5.74) is 1.55. The van der Waals surface area contributed by atoms with Crippen LogP contribution >= 0.6 is 0 Å². The maximum atomic E-state index is 12.3. The number of piperazine rings is 1. The Morgan fingerprint density at radius 3 is 2.04 bits per heavy atom. The number of carbonyl (C=O) groups excluding carboxylic acids is 2. The number of aromatic nitrogens is 2. The molecule has 136 valence electrons. The van der Waals surface area contributed by atoms with Gasteiger partial charge >= 0.3 is 0 Å². The van der Waals surface area contributed by atoms with Crippen molar-refractivity contribution in [1.29, 1.82) is 0 Å². The Balaban J connectivity index is 1.60. The van der Waals surface area contributed by atoms with Gasteiger partial charge in [-0.1, -0.05) is 0 Å². The summed E-state index contributed by atoms with van der Waals surface area (Å²) in [7, 11) is 2.10. The first-order valence-corrected chi connectivity index (χ1v) is 8.47. The summed E-state index contributed by atoms with van der Waals surface area (Å²) in [5.74, 6) is 0.321. The second kappa shape index (κ2) is 7.92. The maximum Gasteiger partial charge on any atom is 0.276 e. The van der Waals surface area contributed by atoms with Gasteiger partial charge in [0.2, 0.25) is 5.91 Å². The van der Waals surface area contributed by atoms with Crippen LogP contribution in [0.15, 0.2) is 36.4 Å². The molecular weight excluding hydrogens is 332 g/mol. The average molecular weight is 354 g/mol. The van der Waals surface area contributed by atoms with Crippen molar-refractivity contribution in [1.82, 2.24) is 15.1 Å². The van der Waals surface area contributed by atoms with Crippen molar-refractivity contribution in [3.8, 4) is 0 Å². The Morgan fingerprint density at radius 1 is 0.885 bits per heavy atom. The van der Waals surface area contributed by atoms with Gasteiger partial charge in [-0.05, 0) is 43.4 Å². The summed E-state index contributed by atoms with van der Waals surface area (Å²) in [6.07, 6.45) is 0. The summed E-state index contributed by atoms with van der Waals surface area (Å²) in [4.78, 5) is 27.7. The van der Waals surface area contributed by atoms with E-state index in [9.17, 15) is 9.59 Å². The fourth-order valence-electron chi connectivity index (χ4n) is 2.69. The number of amides is 2. The molecule has 0 atom stereocenters. The molecule has 3 rings (SSSR count). The Hall–Kier alpha value is -3.00. The van der Waals surface area contributed by atoms with Crippen LogP contribution in [-0.4, -0.2) is 60.1 Å². The molecule has 8 nitrogen and oxygen atoms in total. The van der Waals surface area contributed by atoms with Crippen molar-refractivity contribution in [2.24, 2.45) is 0 Å². The fraction of sp³-hybridized carbons (Fsp3) is 0.333. The molecule has 0 radical (unpaired) electrons. The van der Waals surface area contributed by atoms with Gasteiger partial charge < -0.3 is 20.4 Å². The van der Waals surface area contributed by atoms with E-state index in [4.69, 9.17) is 0 Å². The lowest BCUT2D eigenvalue weighted by molar-refractivity contribution is -0.114. The summed E-state index contributed by atoms with van der Waals surface area (Å²) >= 11 is 0. The summed E-state index contributed by atoms with van der Waals surface area (Å²) in [5, 5.41) is 13.7. The normalized spacial score (nSPS) is 14.8. The molecule has 26 heavy (non-hydrogen) atoms. The van der Waals surface area contributed by atoms with Gasteiger partial charge in [0.1, 0.15) is 0 Å². The predicted molar refractivity (Wildman–Crippen MR) is 100 cm³/mol. The molecule has 8 heteroatoms. The second-order valence-electron chi connectivity index (χ2n) is 6.28. The summed E-state index contributed by atoms with van der Waals surface area (Å²) in [6.45, 7) is 5.21. The number of rotatable bonds is 4. The topological polar surface area (TPSA) is 90.5 Å². The van der Waals surface area contributed by atoms with Crippen LogP contribution in [0.2, 0.25) is 0 Å². The smallest absolute Gasteiger partial charge is 0.276 e. The van der Waals surface area contributed by atoms with Crippen molar-refractivity contribution < 1.29 is 9.59 Å². The fourth-order valence-corrected chi connectivity index (χ4v) is 2.69. The maximum absolute atomic E-state index is 12.3. The van der Waals surface area contributed by atoms with E-state index in [0.29, 0.717) is 11.4 Å². The van der Waals surface area contributed by atoms with Gasteiger partial charge in [-0.2, -0.15) is 0 Å². The molecule has 2 N–H and O–H groups in total. The molecule has 0 unspecified atom stereocenters. The van der Waals surface area contributed by atoms with E-state index in [1.54, 1.807) is 30.3 Å². The molecule has 0 saturated carbocycles. The van der Waals surface area contributed by atoms with Crippen LogP contribution in [-0.2, 0) is 4.79 Å². The average Bonchev–Trinajstić information content (AvgIpc) is 2.64. The van der Waals surface area contributed by atoms with Crippen LogP contribution in [0.1, 0.15) is 17.4 Å². The Labute approximate surface area is 152 Å². The number of nitrogens with zero attached hydrogens (tertiary/aromatic N) is 4. The van der Waals surface area contributed by atoms with E-state index in [0.717, 1.165) is 32.0 Å². The number of hydrogen-bond acceptors (Lipinski definition) is 6. The molecule has 0 spiro atoms. The largest absolute Gasteiger partial charge is 0.353 e. The van der Waals surface area contributed by atoms with Crippen LogP contribution in [0.4, 0.5) is 17.2 Å². The van der Waals surface area contributed by atoms with Gasteiger partial charge in [0, 0.05) is 44.5 Å². The number of nitrogens with one attached hydrogen (secondary N) is 2. The minimum Gasteiger partial charge on any atom is -0.353 e. The number of benzene rings is 1. The molecule has 1 fully saturated rings. The van der Waals surface area contributed by atoms with Crippen molar-refractivity contribution in [3.05, 3.63) is 42.1 Å². The van der Waals surface area contributed by atoms with Crippen molar-refractivity contribution in [3.63, 3.8) is 0 Å². The number of hydrogen-bond donors (Lipinski definition) is 2. The van der Waals surface area contributed by atoms with E-state index in [1.165, 1.54) is 6.92 Å². The third-order valence-corrected chi connectivity index (χ3v) is 4.17. The molecule has 0 bridgehead atoms. The molecule has 1 aliphatic heterocycles. The highest BCUT2D eigenvalue weighted by Gasteiger charge is 2.16. The molecule has 1 aromatic carbocycles. The van der Waals surface area contributed by atoms with Gasteiger partial charge in [0.15, 0.2) is 11.5 Å². The van der Waals surface area contributed by atoms with Gasteiger partial charge in [-0.25, -0.2) is 0 Å². The molecule has 1 saturated heterocycles. The Morgan fingerprint density at radius 2 is 1.50 bits per heavy atom. The minimum atomic E-state index is -0.324. The number of carbonyl (C=O) groups is 2. The van der Waals surface area contributed by atoms with E-state index in [-0.39, 0.29) is 17.5 Å². The van der Waals surface area contributed by atoms with Gasteiger partial charge in [-0.15, -0.1) is 10.2 Å². The van der Waals surface area contributed by atoms with Crippen LogP contribution in [0.5, 0.6) is 0 Å². The lowest BCUT2D eigenvalue weighted by atomic mass is 10.2. The molecule has 2 heterocycles. The highest BCUT2D eigenvalue weighted by molar-refractivity contribution is 6.03. The van der Waals surface area contributed by atoms with Crippen LogP contribution in [0, 0.1) is 0 Å². The molecule has 1 aromatic heterocycles. The van der Waals surface area contributed by atoms with Crippen molar-refractivity contribution >= 4 is 29.0 Å². The molecule has 2 aromatic rings. The van der Waals surface area contributed by atoms with Crippen LogP contribution < -0.4 is 15.5 Å². The minimum absolute atomic E-state index is 0.141. The highest BCUT2D eigenvalue weighted by atomic mass is 16.2. The zero-order valence-corrected chi connectivity index (χ0v) is 14.9. The van der Waals surface area contributed by atoms with Gasteiger partial charge in [0.25, 0.3) is 5.91 Å². The van der Waals surface area contributed by atoms with Crippen molar-refractivity contribution in [2.75, 3.05) is 48.8 Å². The monoisotopic (exact) mass is 354 g/mol. The SMILES string of the molecule is CC(=O)Nc1ccc(NC(=O)c2ccc(N3CCN(C)CC3)nn2)cc1. The highest BCUT2D eigenvalue weighted by Crippen LogP contribution is 2.15. The van der Waals surface area contributed by atoms with E-state index < -0.39 is 0 Å². The summed E-state index contributed by atoms with van der Waals surface area (Å²) in [6, 6.07) is 10.4. The second-order valence-corrected chi connectivity index (χ2v) is 6.28. The molecule has 0 aliphatic carbocycles. The van der Waals surface area contributed by atoms with Crippen LogP contribution in [0.25, 0.3) is 0 Å². The third-order valence-electron chi connectivity index (χ3n) is 4.17. The van der Waals surface area contributed by atoms with Gasteiger partial charge in [0.05, 0.1) is 0 Å². The third kappa shape index (κ3) is 4.54. The number of likely N-dealkylation sites (N-methyl/N-ethyl adjacent to an activating group) is 1. The number of anilines is 3. The molecular formula is C18H22N6O2. The first kappa shape index (κ1) is 17.8.